The lowest BCUT2D eigenvalue weighted by molar-refractivity contribution is -0.114. The summed E-state index contributed by atoms with van der Waals surface area (Å²) in [5, 5.41) is 3.39. The summed E-state index contributed by atoms with van der Waals surface area (Å²) >= 11 is 7.57. The van der Waals surface area contributed by atoms with E-state index in [0.717, 1.165) is 16.0 Å². The number of anilines is 1. The lowest BCUT2D eigenvalue weighted by atomic mass is 10.1. The molecule has 2 amide bonds. The number of amides is 2. The molecular formula is C24H18ClFN2O2S. The molecule has 3 aromatic carbocycles. The standard InChI is InChI=1S/C24H18ClFN2O2S/c1-28-20-12-17(23(29)27-14-15-6-9-18(26)10-7-15)8-11-21(20)31-22(24(28)30)13-16-4-2-3-5-19(16)25/h2-13H,14H2,1H3,(H,27,29). The zero-order valence-electron chi connectivity index (χ0n) is 16.6. The second kappa shape index (κ2) is 8.96. The van der Waals surface area contributed by atoms with Crippen molar-refractivity contribution in [3.05, 3.63) is 99.2 Å². The minimum Gasteiger partial charge on any atom is -0.348 e. The Balaban J connectivity index is 1.54. The molecule has 0 spiro atoms. The van der Waals surface area contributed by atoms with Crippen molar-refractivity contribution in [2.75, 3.05) is 11.9 Å². The lowest BCUT2D eigenvalue weighted by Crippen LogP contribution is -2.31. The summed E-state index contributed by atoms with van der Waals surface area (Å²) in [5.74, 6) is -0.755. The third-order valence-electron chi connectivity index (χ3n) is 4.88. The Hall–Kier alpha value is -3.09. The Morgan fingerprint density at radius 3 is 2.61 bits per heavy atom. The molecule has 156 valence electrons. The van der Waals surface area contributed by atoms with E-state index >= 15 is 0 Å². The van der Waals surface area contributed by atoms with E-state index in [1.54, 1.807) is 43.5 Å². The Morgan fingerprint density at radius 2 is 1.87 bits per heavy atom. The Kier molecular flexibility index (Phi) is 6.11. The number of nitrogens with zero attached hydrogens (tertiary/aromatic N) is 1. The number of thioether (sulfide) groups is 1. The molecule has 0 unspecified atom stereocenters. The average molecular weight is 453 g/mol. The fraction of sp³-hybridized carbons (Fsp3) is 0.0833. The third kappa shape index (κ3) is 4.65. The summed E-state index contributed by atoms with van der Waals surface area (Å²) in [6.45, 7) is 0.282. The van der Waals surface area contributed by atoms with Gasteiger partial charge in [0.05, 0.1) is 10.6 Å². The normalized spacial score (nSPS) is 14.5. The molecule has 0 radical (unpaired) electrons. The van der Waals surface area contributed by atoms with E-state index in [0.29, 0.717) is 21.2 Å². The zero-order chi connectivity index (χ0) is 22.0. The van der Waals surface area contributed by atoms with Gasteiger partial charge in [0.1, 0.15) is 5.82 Å². The largest absolute Gasteiger partial charge is 0.348 e. The molecule has 0 aliphatic carbocycles. The van der Waals surface area contributed by atoms with Crippen LogP contribution in [0.4, 0.5) is 10.1 Å². The van der Waals surface area contributed by atoms with Gasteiger partial charge in [-0.05, 0) is 53.6 Å². The quantitative estimate of drug-likeness (QED) is 0.530. The first-order chi connectivity index (χ1) is 14.9. The molecule has 3 aromatic rings. The van der Waals surface area contributed by atoms with Crippen LogP contribution in [0.2, 0.25) is 5.02 Å². The fourth-order valence-corrected chi connectivity index (χ4v) is 4.43. The first-order valence-electron chi connectivity index (χ1n) is 9.51. The number of hydrogen-bond donors (Lipinski definition) is 1. The molecule has 7 heteroatoms. The van der Waals surface area contributed by atoms with E-state index in [-0.39, 0.29) is 24.2 Å². The van der Waals surface area contributed by atoms with Crippen molar-refractivity contribution in [3.63, 3.8) is 0 Å². The summed E-state index contributed by atoms with van der Waals surface area (Å²) in [6.07, 6.45) is 1.78. The van der Waals surface area contributed by atoms with Crippen LogP contribution in [0.5, 0.6) is 0 Å². The number of fused-ring (bicyclic) bond motifs is 1. The van der Waals surface area contributed by atoms with Crippen LogP contribution in [0.15, 0.2) is 76.5 Å². The van der Waals surface area contributed by atoms with E-state index in [1.807, 2.05) is 24.3 Å². The van der Waals surface area contributed by atoms with Gasteiger partial charge in [0, 0.05) is 29.1 Å². The highest BCUT2D eigenvalue weighted by Crippen LogP contribution is 2.42. The van der Waals surface area contributed by atoms with Gasteiger partial charge in [-0.25, -0.2) is 4.39 Å². The summed E-state index contributed by atoms with van der Waals surface area (Å²) in [7, 11) is 1.68. The van der Waals surface area contributed by atoms with Crippen molar-refractivity contribution in [1.29, 1.82) is 0 Å². The van der Waals surface area contributed by atoms with Crippen LogP contribution in [0.25, 0.3) is 6.08 Å². The maximum absolute atomic E-state index is 13.0. The van der Waals surface area contributed by atoms with E-state index in [4.69, 9.17) is 11.6 Å². The minimum absolute atomic E-state index is 0.165. The average Bonchev–Trinajstić information content (AvgIpc) is 2.78. The van der Waals surface area contributed by atoms with E-state index in [2.05, 4.69) is 5.32 Å². The first kappa shape index (κ1) is 21.2. The van der Waals surface area contributed by atoms with Gasteiger partial charge in [-0.2, -0.15) is 0 Å². The van der Waals surface area contributed by atoms with Crippen LogP contribution in [-0.4, -0.2) is 18.9 Å². The third-order valence-corrected chi connectivity index (χ3v) is 6.30. The number of benzene rings is 3. The number of rotatable bonds is 4. The number of carbonyl (C=O) groups excluding carboxylic acids is 2. The fourth-order valence-electron chi connectivity index (χ4n) is 3.16. The highest BCUT2D eigenvalue weighted by atomic mass is 35.5. The number of halogens is 2. The molecule has 4 rings (SSSR count). The Morgan fingerprint density at radius 1 is 1.13 bits per heavy atom. The van der Waals surface area contributed by atoms with Crippen LogP contribution in [0.1, 0.15) is 21.5 Å². The monoisotopic (exact) mass is 452 g/mol. The molecule has 0 saturated carbocycles. The smallest absolute Gasteiger partial charge is 0.264 e. The second-order valence-corrected chi connectivity index (χ2v) is 8.48. The molecule has 0 fully saturated rings. The SMILES string of the molecule is CN1C(=O)C(=Cc2ccccc2Cl)Sc2ccc(C(=O)NCc3ccc(F)cc3)cc21. The van der Waals surface area contributed by atoms with E-state index in [1.165, 1.54) is 28.8 Å². The van der Waals surface area contributed by atoms with Gasteiger partial charge in [-0.1, -0.05) is 53.7 Å². The topological polar surface area (TPSA) is 49.4 Å². The summed E-state index contributed by atoms with van der Waals surface area (Å²) in [6, 6.07) is 18.5. The molecule has 4 nitrogen and oxygen atoms in total. The predicted molar refractivity (Wildman–Crippen MR) is 123 cm³/mol. The van der Waals surface area contributed by atoms with Gasteiger partial charge in [-0.15, -0.1) is 0 Å². The van der Waals surface area contributed by atoms with E-state index in [9.17, 15) is 14.0 Å². The van der Waals surface area contributed by atoms with Crippen LogP contribution < -0.4 is 10.2 Å². The lowest BCUT2D eigenvalue weighted by Gasteiger charge is -2.27. The number of nitrogens with one attached hydrogen (secondary N) is 1. The highest BCUT2D eigenvalue weighted by molar-refractivity contribution is 8.04. The van der Waals surface area contributed by atoms with Gasteiger partial charge in [0.15, 0.2) is 0 Å². The van der Waals surface area contributed by atoms with Crippen molar-refractivity contribution < 1.29 is 14.0 Å². The van der Waals surface area contributed by atoms with Crippen LogP contribution in [0, 0.1) is 5.82 Å². The Bertz CT molecular complexity index is 1190. The summed E-state index contributed by atoms with van der Waals surface area (Å²) in [5.41, 5.74) is 2.68. The zero-order valence-corrected chi connectivity index (χ0v) is 18.1. The maximum Gasteiger partial charge on any atom is 0.264 e. The number of likely N-dealkylation sites (N-methyl/N-ethyl adjacent to an activating group) is 1. The number of carbonyl (C=O) groups is 2. The van der Waals surface area contributed by atoms with Gasteiger partial charge in [0.25, 0.3) is 11.8 Å². The maximum atomic E-state index is 13.0. The van der Waals surface area contributed by atoms with Crippen molar-refractivity contribution in [1.82, 2.24) is 5.32 Å². The van der Waals surface area contributed by atoms with Gasteiger partial charge < -0.3 is 10.2 Å². The highest BCUT2D eigenvalue weighted by Gasteiger charge is 2.27. The molecular weight excluding hydrogens is 435 g/mol. The Labute approximate surface area is 188 Å². The number of hydrogen-bond acceptors (Lipinski definition) is 3. The van der Waals surface area contributed by atoms with Crippen molar-refractivity contribution in [3.8, 4) is 0 Å². The van der Waals surface area contributed by atoms with Gasteiger partial charge >= 0.3 is 0 Å². The van der Waals surface area contributed by atoms with Crippen molar-refractivity contribution in [2.24, 2.45) is 0 Å². The minimum atomic E-state index is -0.321. The molecule has 1 aliphatic heterocycles. The van der Waals surface area contributed by atoms with Gasteiger partial charge in [0.2, 0.25) is 0 Å². The second-order valence-electron chi connectivity index (χ2n) is 6.99. The molecule has 0 bridgehead atoms. The van der Waals surface area contributed by atoms with Crippen LogP contribution >= 0.6 is 23.4 Å². The molecule has 31 heavy (non-hydrogen) atoms. The van der Waals surface area contributed by atoms with Crippen LogP contribution in [-0.2, 0) is 11.3 Å². The summed E-state index contributed by atoms with van der Waals surface area (Å²) < 4.78 is 13.0. The van der Waals surface area contributed by atoms with Crippen LogP contribution in [0.3, 0.4) is 0 Å². The first-order valence-corrected chi connectivity index (χ1v) is 10.7. The predicted octanol–water partition coefficient (Wildman–Crippen LogP) is 5.52. The van der Waals surface area contributed by atoms with E-state index < -0.39 is 0 Å². The molecule has 0 atom stereocenters. The van der Waals surface area contributed by atoms with Crippen molar-refractivity contribution in [2.45, 2.75) is 11.4 Å². The van der Waals surface area contributed by atoms with Crippen molar-refractivity contribution >= 4 is 46.9 Å². The molecule has 1 N–H and O–H groups in total. The molecule has 1 aliphatic rings. The summed E-state index contributed by atoms with van der Waals surface area (Å²) in [4.78, 5) is 28.4. The van der Waals surface area contributed by atoms with Gasteiger partial charge in [-0.3, -0.25) is 9.59 Å². The molecule has 0 saturated heterocycles. The molecule has 0 aromatic heterocycles. The molecule has 1 heterocycles.